The summed E-state index contributed by atoms with van der Waals surface area (Å²) in [6.07, 6.45) is 1.06. The standard InChI is InChI=1S/C11H16N4O2/c1-6-4-9(13-5-8(16)10(12)17)15-11(14-6)7-2-3-7/h4,7-8,16H,2-3,5H2,1H3,(H2,12,17)(H,13,14,15). The first kappa shape index (κ1) is 11.8. The Morgan fingerprint density at radius 1 is 1.65 bits per heavy atom. The van der Waals surface area contributed by atoms with Gasteiger partial charge in [0.05, 0.1) is 6.54 Å². The van der Waals surface area contributed by atoms with E-state index >= 15 is 0 Å². The van der Waals surface area contributed by atoms with Crippen molar-refractivity contribution in [1.82, 2.24) is 9.97 Å². The first-order chi connectivity index (χ1) is 8.06. The SMILES string of the molecule is Cc1cc(NCC(O)C(N)=O)nc(C2CC2)n1. The third-order valence-corrected chi connectivity index (χ3v) is 2.62. The lowest BCUT2D eigenvalue weighted by molar-refractivity contribution is -0.125. The zero-order valence-corrected chi connectivity index (χ0v) is 9.68. The molecule has 92 valence electrons. The molecule has 1 saturated carbocycles. The fraction of sp³-hybridized carbons (Fsp3) is 0.545. The largest absolute Gasteiger partial charge is 0.381 e. The van der Waals surface area contributed by atoms with Crippen molar-refractivity contribution < 1.29 is 9.90 Å². The minimum absolute atomic E-state index is 0.0654. The number of nitrogens with one attached hydrogen (secondary N) is 1. The molecule has 1 fully saturated rings. The molecule has 0 aromatic carbocycles. The van der Waals surface area contributed by atoms with Gasteiger partial charge in [0.1, 0.15) is 17.7 Å². The molecule has 0 spiro atoms. The molecule has 4 N–H and O–H groups in total. The van der Waals surface area contributed by atoms with Crippen molar-refractivity contribution in [3.8, 4) is 0 Å². The maximum Gasteiger partial charge on any atom is 0.248 e. The number of amides is 1. The highest BCUT2D eigenvalue weighted by Gasteiger charge is 2.27. The van der Waals surface area contributed by atoms with E-state index in [-0.39, 0.29) is 6.54 Å². The lowest BCUT2D eigenvalue weighted by Crippen LogP contribution is -2.34. The van der Waals surface area contributed by atoms with Gasteiger partial charge in [-0.2, -0.15) is 0 Å². The highest BCUT2D eigenvalue weighted by Crippen LogP contribution is 2.38. The van der Waals surface area contributed by atoms with E-state index in [0.29, 0.717) is 11.7 Å². The van der Waals surface area contributed by atoms with Crippen LogP contribution in [0.25, 0.3) is 0 Å². The number of carbonyl (C=O) groups is 1. The number of aromatic nitrogens is 2. The van der Waals surface area contributed by atoms with Gasteiger partial charge in [0, 0.05) is 17.7 Å². The number of anilines is 1. The average molecular weight is 236 g/mol. The fourth-order valence-electron chi connectivity index (χ4n) is 1.51. The Morgan fingerprint density at radius 3 is 2.94 bits per heavy atom. The van der Waals surface area contributed by atoms with Crippen LogP contribution >= 0.6 is 0 Å². The third-order valence-electron chi connectivity index (χ3n) is 2.62. The van der Waals surface area contributed by atoms with E-state index in [4.69, 9.17) is 5.73 Å². The molecule has 1 unspecified atom stereocenters. The van der Waals surface area contributed by atoms with Gasteiger partial charge in [0.25, 0.3) is 0 Å². The molecule has 1 heterocycles. The molecular weight excluding hydrogens is 220 g/mol. The third kappa shape index (κ3) is 3.13. The minimum Gasteiger partial charge on any atom is -0.381 e. The number of carbonyl (C=O) groups excluding carboxylic acids is 1. The summed E-state index contributed by atoms with van der Waals surface area (Å²) >= 11 is 0. The molecule has 1 aliphatic carbocycles. The van der Waals surface area contributed by atoms with Gasteiger partial charge in [0.15, 0.2) is 0 Å². The van der Waals surface area contributed by atoms with E-state index in [1.807, 2.05) is 6.92 Å². The summed E-state index contributed by atoms with van der Waals surface area (Å²) in [5.74, 6) is 1.18. The van der Waals surface area contributed by atoms with Crippen molar-refractivity contribution >= 4 is 11.7 Å². The van der Waals surface area contributed by atoms with Crippen LogP contribution < -0.4 is 11.1 Å². The van der Waals surface area contributed by atoms with Crippen molar-refractivity contribution in [3.63, 3.8) is 0 Å². The summed E-state index contributed by atoms with van der Waals surface area (Å²) < 4.78 is 0. The first-order valence-electron chi connectivity index (χ1n) is 5.63. The molecule has 0 radical (unpaired) electrons. The maximum absolute atomic E-state index is 10.7. The Kier molecular flexibility index (Phi) is 3.23. The van der Waals surface area contributed by atoms with E-state index in [1.165, 1.54) is 0 Å². The monoisotopic (exact) mass is 236 g/mol. The number of primary amides is 1. The summed E-state index contributed by atoms with van der Waals surface area (Å²) in [4.78, 5) is 19.4. The molecule has 0 bridgehead atoms. The number of hydrogen-bond acceptors (Lipinski definition) is 5. The molecule has 6 nitrogen and oxygen atoms in total. The van der Waals surface area contributed by atoms with Crippen LogP contribution in [0.4, 0.5) is 5.82 Å². The Bertz CT molecular complexity index is 431. The molecule has 1 aromatic heterocycles. The van der Waals surface area contributed by atoms with Crippen LogP contribution in [-0.2, 0) is 4.79 Å². The van der Waals surface area contributed by atoms with Gasteiger partial charge >= 0.3 is 0 Å². The molecular formula is C11H16N4O2. The van der Waals surface area contributed by atoms with E-state index in [1.54, 1.807) is 6.07 Å². The Hall–Kier alpha value is -1.69. The molecule has 1 atom stereocenters. The molecule has 0 saturated heterocycles. The number of hydrogen-bond donors (Lipinski definition) is 3. The first-order valence-corrected chi connectivity index (χ1v) is 5.63. The van der Waals surface area contributed by atoms with Crippen LogP contribution in [0.3, 0.4) is 0 Å². The average Bonchev–Trinajstić information content (AvgIpc) is 3.08. The number of rotatable bonds is 5. The van der Waals surface area contributed by atoms with Crippen molar-refractivity contribution in [2.45, 2.75) is 31.8 Å². The predicted molar refractivity (Wildman–Crippen MR) is 62.4 cm³/mol. The number of nitrogens with two attached hydrogens (primary N) is 1. The van der Waals surface area contributed by atoms with Gasteiger partial charge in [-0.25, -0.2) is 9.97 Å². The lowest BCUT2D eigenvalue weighted by atomic mass is 10.3. The second-order valence-electron chi connectivity index (χ2n) is 4.33. The Morgan fingerprint density at radius 2 is 2.35 bits per heavy atom. The quantitative estimate of drug-likeness (QED) is 0.663. The van der Waals surface area contributed by atoms with E-state index in [0.717, 1.165) is 24.4 Å². The Labute approximate surface area is 99.3 Å². The van der Waals surface area contributed by atoms with Gasteiger partial charge in [-0.1, -0.05) is 0 Å². The van der Waals surface area contributed by atoms with Crippen molar-refractivity contribution in [3.05, 3.63) is 17.6 Å². The van der Waals surface area contributed by atoms with E-state index in [2.05, 4.69) is 15.3 Å². The summed E-state index contributed by atoms with van der Waals surface area (Å²) in [7, 11) is 0. The van der Waals surface area contributed by atoms with Crippen LogP contribution in [-0.4, -0.2) is 33.6 Å². The van der Waals surface area contributed by atoms with Crippen LogP contribution in [0.1, 0.15) is 30.3 Å². The maximum atomic E-state index is 10.7. The number of aliphatic hydroxyl groups excluding tert-OH is 1. The zero-order valence-electron chi connectivity index (χ0n) is 9.68. The summed E-state index contributed by atoms with van der Waals surface area (Å²) in [6.45, 7) is 1.96. The molecule has 1 amide bonds. The predicted octanol–water partition coefficient (Wildman–Crippen LogP) is -0.0795. The van der Waals surface area contributed by atoms with Crippen LogP contribution in [0, 0.1) is 6.92 Å². The normalized spacial score (nSPS) is 16.6. The summed E-state index contributed by atoms with van der Waals surface area (Å²) in [6, 6.07) is 1.78. The lowest BCUT2D eigenvalue weighted by Gasteiger charge is -2.10. The van der Waals surface area contributed by atoms with Crippen LogP contribution in [0.15, 0.2) is 6.07 Å². The van der Waals surface area contributed by atoms with Crippen LogP contribution in [0.5, 0.6) is 0 Å². The summed E-state index contributed by atoms with van der Waals surface area (Å²) in [5.41, 5.74) is 5.83. The van der Waals surface area contributed by atoms with Gasteiger partial charge in [0.2, 0.25) is 5.91 Å². The fourth-order valence-corrected chi connectivity index (χ4v) is 1.51. The van der Waals surface area contributed by atoms with Gasteiger partial charge in [-0.15, -0.1) is 0 Å². The van der Waals surface area contributed by atoms with E-state index < -0.39 is 12.0 Å². The van der Waals surface area contributed by atoms with Crippen LogP contribution in [0.2, 0.25) is 0 Å². The van der Waals surface area contributed by atoms with Gasteiger partial charge in [-0.05, 0) is 19.8 Å². The van der Waals surface area contributed by atoms with Crippen molar-refractivity contribution in [2.75, 3.05) is 11.9 Å². The highest BCUT2D eigenvalue weighted by molar-refractivity contribution is 5.79. The van der Waals surface area contributed by atoms with E-state index in [9.17, 15) is 9.90 Å². The second kappa shape index (κ2) is 4.67. The second-order valence-corrected chi connectivity index (χ2v) is 4.33. The van der Waals surface area contributed by atoms with Crippen molar-refractivity contribution in [2.24, 2.45) is 5.73 Å². The smallest absolute Gasteiger partial charge is 0.248 e. The van der Waals surface area contributed by atoms with Crippen molar-refractivity contribution in [1.29, 1.82) is 0 Å². The molecule has 17 heavy (non-hydrogen) atoms. The zero-order chi connectivity index (χ0) is 12.4. The highest BCUT2D eigenvalue weighted by atomic mass is 16.3. The molecule has 6 heteroatoms. The Balaban J connectivity index is 2.02. The summed E-state index contributed by atoms with van der Waals surface area (Å²) in [5, 5.41) is 12.2. The topological polar surface area (TPSA) is 101 Å². The number of aryl methyl sites for hydroxylation is 1. The molecule has 1 aromatic rings. The van der Waals surface area contributed by atoms with Gasteiger partial charge < -0.3 is 16.2 Å². The molecule has 2 rings (SSSR count). The van der Waals surface area contributed by atoms with Gasteiger partial charge in [-0.3, -0.25) is 4.79 Å². The minimum atomic E-state index is -1.20. The molecule has 0 aliphatic heterocycles. The number of aliphatic hydroxyl groups is 1. The molecule has 1 aliphatic rings. The number of nitrogens with zero attached hydrogens (tertiary/aromatic N) is 2.